The van der Waals surface area contributed by atoms with Crippen LogP contribution in [-0.2, 0) is 9.53 Å². The van der Waals surface area contributed by atoms with Crippen molar-refractivity contribution in [3.63, 3.8) is 0 Å². The molecule has 0 spiro atoms. The number of hydrogen-bond donors (Lipinski definition) is 1. The van der Waals surface area contributed by atoms with Crippen molar-refractivity contribution in [1.29, 1.82) is 0 Å². The van der Waals surface area contributed by atoms with Crippen LogP contribution in [0.4, 0.5) is 0 Å². The Hall–Kier alpha value is -2.10. The number of carbonyl (C=O) groups excluding carboxylic acids is 1. The van der Waals surface area contributed by atoms with Crippen LogP contribution in [0.5, 0.6) is 0 Å². The van der Waals surface area contributed by atoms with Gasteiger partial charge in [0.15, 0.2) is 0 Å². The Balaban J connectivity index is 2.75. The van der Waals surface area contributed by atoms with Crippen molar-refractivity contribution in [2.24, 2.45) is 0 Å². The monoisotopic (exact) mass is 220 g/mol. The predicted molar refractivity (Wildman–Crippen MR) is 59.1 cm³/mol. The standard InChI is InChI=1S/C12H12O4/c1-2-16-12(15)10-6-3-9(4-7-10)5-8-11(13)14/h3-8H,2H2,1H3,(H,13,14)/b8-5+. The number of carbonyl (C=O) groups is 2. The molecule has 1 aromatic carbocycles. The predicted octanol–water partition coefficient (Wildman–Crippen LogP) is 1.96. The fourth-order valence-electron chi connectivity index (χ4n) is 1.11. The lowest BCUT2D eigenvalue weighted by Gasteiger charge is -2.01. The van der Waals surface area contributed by atoms with Crippen LogP contribution in [0.15, 0.2) is 30.3 Å². The van der Waals surface area contributed by atoms with Gasteiger partial charge in [-0.3, -0.25) is 0 Å². The van der Waals surface area contributed by atoms with Gasteiger partial charge in [0.2, 0.25) is 0 Å². The van der Waals surface area contributed by atoms with Crippen LogP contribution in [0.3, 0.4) is 0 Å². The summed E-state index contributed by atoms with van der Waals surface area (Å²) in [6.07, 6.45) is 2.50. The Morgan fingerprint density at radius 1 is 1.31 bits per heavy atom. The number of ether oxygens (including phenoxy) is 1. The van der Waals surface area contributed by atoms with E-state index in [4.69, 9.17) is 9.84 Å². The summed E-state index contributed by atoms with van der Waals surface area (Å²) in [5.74, 6) is -1.38. The second kappa shape index (κ2) is 5.70. The number of hydrogen-bond acceptors (Lipinski definition) is 3. The van der Waals surface area contributed by atoms with Gasteiger partial charge in [-0.2, -0.15) is 0 Å². The first-order chi connectivity index (χ1) is 7.63. The van der Waals surface area contributed by atoms with E-state index in [0.717, 1.165) is 11.6 Å². The van der Waals surface area contributed by atoms with Crippen molar-refractivity contribution in [3.8, 4) is 0 Å². The average Bonchev–Trinajstić information content (AvgIpc) is 2.27. The lowest BCUT2D eigenvalue weighted by molar-refractivity contribution is -0.131. The third-order valence-electron chi connectivity index (χ3n) is 1.84. The summed E-state index contributed by atoms with van der Waals surface area (Å²) in [7, 11) is 0. The van der Waals surface area contributed by atoms with Gasteiger partial charge in [0.25, 0.3) is 0 Å². The molecule has 0 aromatic heterocycles. The molecule has 0 aliphatic rings. The molecular formula is C12H12O4. The highest BCUT2D eigenvalue weighted by molar-refractivity contribution is 5.90. The highest BCUT2D eigenvalue weighted by Gasteiger charge is 2.04. The molecule has 0 bridgehead atoms. The van der Waals surface area contributed by atoms with Gasteiger partial charge >= 0.3 is 11.9 Å². The van der Waals surface area contributed by atoms with E-state index < -0.39 is 5.97 Å². The number of rotatable bonds is 4. The van der Waals surface area contributed by atoms with Gasteiger partial charge in [0.1, 0.15) is 0 Å². The summed E-state index contributed by atoms with van der Waals surface area (Å²) in [6.45, 7) is 2.07. The van der Waals surface area contributed by atoms with E-state index in [1.807, 2.05) is 0 Å². The first-order valence-electron chi connectivity index (χ1n) is 4.81. The largest absolute Gasteiger partial charge is 0.478 e. The first-order valence-corrected chi connectivity index (χ1v) is 4.81. The number of carboxylic acids is 1. The van der Waals surface area contributed by atoms with E-state index in [9.17, 15) is 9.59 Å². The molecule has 4 nitrogen and oxygen atoms in total. The zero-order valence-corrected chi connectivity index (χ0v) is 8.84. The summed E-state index contributed by atoms with van der Waals surface area (Å²) in [5.41, 5.74) is 1.17. The molecule has 0 saturated carbocycles. The van der Waals surface area contributed by atoms with Crippen molar-refractivity contribution < 1.29 is 19.4 Å². The molecule has 0 amide bonds. The second-order valence-electron chi connectivity index (χ2n) is 3.01. The molecule has 0 fully saturated rings. The minimum atomic E-state index is -1.01. The number of aliphatic carboxylic acids is 1. The van der Waals surface area contributed by atoms with Gasteiger partial charge in [-0.05, 0) is 30.7 Å². The van der Waals surface area contributed by atoms with Crippen LogP contribution in [0.2, 0.25) is 0 Å². The molecule has 84 valence electrons. The smallest absolute Gasteiger partial charge is 0.338 e. The van der Waals surface area contributed by atoms with Crippen molar-refractivity contribution in [3.05, 3.63) is 41.5 Å². The fraction of sp³-hybridized carbons (Fsp3) is 0.167. The van der Waals surface area contributed by atoms with Crippen LogP contribution in [0.25, 0.3) is 6.08 Å². The maximum atomic E-state index is 11.3. The highest BCUT2D eigenvalue weighted by atomic mass is 16.5. The minimum Gasteiger partial charge on any atom is -0.478 e. The quantitative estimate of drug-likeness (QED) is 0.622. The SMILES string of the molecule is CCOC(=O)c1ccc(/C=C/C(=O)O)cc1. The topological polar surface area (TPSA) is 63.6 Å². The molecule has 0 unspecified atom stereocenters. The molecule has 0 atom stereocenters. The van der Waals surface area contributed by atoms with Crippen molar-refractivity contribution in [2.45, 2.75) is 6.92 Å². The highest BCUT2D eigenvalue weighted by Crippen LogP contribution is 2.07. The van der Waals surface area contributed by atoms with Gasteiger partial charge in [-0.25, -0.2) is 9.59 Å². The maximum absolute atomic E-state index is 11.3. The lowest BCUT2D eigenvalue weighted by atomic mass is 10.1. The van der Waals surface area contributed by atoms with Crippen molar-refractivity contribution in [1.82, 2.24) is 0 Å². The number of benzene rings is 1. The average molecular weight is 220 g/mol. The molecule has 1 rings (SSSR count). The molecule has 0 radical (unpaired) electrons. The van der Waals surface area contributed by atoms with Crippen LogP contribution < -0.4 is 0 Å². The van der Waals surface area contributed by atoms with Crippen molar-refractivity contribution in [2.75, 3.05) is 6.61 Å². The number of esters is 1. The summed E-state index contributed by atoms with van der Waals surface area (Å²) >= 11 is 0. The zero-order valence-electron chi connectivity index (χ0n) is 8.84. The molecule has 1 N–H and O–H groups in total. The van der Waals surface area contributed by atoms with Gasteiger partial charge in [0.05, 0.1) is 12.2 Å². The fourth-order valence-corrected chi connectivity index (χ4v) is 1.11. The van der Waals surface area contributed by atoms with Crippen molar-refractivity contribution >= 4 is 18.0 Å². The summed E-state index contributed by atoms with van der Waals surface area (Å²) in [6, 6.07) is 6.51. The molecule has 0 heterocycles. The van der Waals surface area contributed by atoms with E-state index in [1.165, 1.54) is 6.08 Å². The van der Waals surface area contributed by atoms with Crippen LogP contribution in [0.1, 0.15) is 22.8 Å². The molecule has 4 heteroatoms. The van der Waals surface area contributed by atoms with Gasteiger partial charge in [0, 0.05) is 6.08 Å². The van der Waals surface area contributed by atoms with Crippen LogP contribution >= 0.6 is 0 Å². The Morgan fingerprint density at radius 3 is 2.44 bits per heavy atom. The molecule has 0 saturated heterocycles. The van der Waals surface area contributed by atoms with Crippen LogP contribution in [0, 0.1) is 0 Å². The number of carboxylic acid groups (broad SMARTS) is 1. The van der Waals surface area contributed by atoms with Gasteiger partial charge < -0.3 is 9.84 Å². The van der Waals surface area contributed by atoms with E-state index in [-0.39, 0.29) is 5.97 Å². The Kier molecular flexibility index (Phi) is 4.27. The Labute approximate surface area is 93.2 Å². The third kappa shape index (κ3) is 3.57. The maximum Gasteiger partial charge on any atom is 0.338 e. The van der Waals surface area contributed by atoms with E-state index in [1.54, 1.807) is 31.2 Å². The second-order valence-corrected chi connectivity index (χ2v) is 3.01. The normalized spacial score (nSPS) is 10.3. The summed E-state index contributed by atoms with van der Waals surface area (Å²) in [4.78, 5) is 21.6. The molecule has 0 aliphatic carbocycles. The molecular weight excluding hydrogens is 208 g/mol. The first kappa shape index (κ1) is 12.0. The van der Waals surface area contributed by atoms with E-state index in [2.05, 4.69) is 0 Å². The zero-order chi connectivity index (χ0) is 12.0. The Bertz CT molecular complexity index is 404. The molecule has 1 aromatic rings. The molecule has 16 heavy (non-hydrogen) atoms. The molecule has 0 aliphatic heterocycles. The van der Waals surface area contributed by atoms with E-state index >= 15 is 0 Å². The van der Waals surface area contributed by atoms with E-state index in [0.29, 0.717) is 12.2 Å². The Morgan fingerprint density at radius 2 is 1.94 bits per heavy atom. The lowest BCUT2D eigenvalue weighted by Crippen LogP contribution is -2.03. The third-order valence-corrected chi connectivity index (χ3v) is 1.84. The van der Waals surface area contributed by atoms with Gasteiger partial charge in [-0.15, -0.1) is 0 Å². The summed E-state index contributed by atoms with van der Waals surface area (Å²) < 4.78 is 4.81. The van der Waals surface area contributed by atoms with Crippen LogP contribution in [-0.4, -0.2) is 23.7 Å². The minimum absolute atomic E-state index is 0.333. The van der Waals surface area contributed by atoms with Gasteiger partial charge in [-0.1, -0.05) is 12.1 Å². The summed E-state index contributed by atoms with van der Waals surface area (Å²) in [5, 5.41) is 8.43.